The van der Waals surface area contributed by atoms with Gasteiger partial charge >= 0.3 is 6.01 Å². The monoisotopic (exact) mass is 606 g/mol. The third-order valence-corrected chi connectivity index (χ3v) is 10.3. The van der Waals surface area contributed by atoms with Gasteiger partial charge in [-0.05, 0) is 81.0 Å². The number of hydrogen-bond donors (Lipinski definition) is 0. The van der Waals surface area contributed by atoms with E-state index in [1.165, 1.54) is 35.3 Å². The number of carbonyl (C=O) groups excluding carboxylic acids is 1. The van der Waals surface area contributed by atoms with Crippen molar-refractivity contribution >= 4 is 23.3 Å². The molecule has 2 aromatic rings. The van der Waals surface area contributed by atoms with Crippen LogP contribution in [0.5, 0.6) is 6.01 Å². The van der Waals surface area contributed by atoms with Crippen molar-refractivity contribution in [3.8, 4) is 12.1 Å². The molecule has 1 aromatic heterocycles. The molecule has 1 aromatic carbocycles. The van der Waals surface area contributed by atoms with Crippen molar-refractivity contribution in [2.75, 3.05) is 37.7 Å². The van der Waals surface area contributed by atoms with Crippen LogP contribution >= 0.6 is 11.6 Å². The molecule has 0 spiro atoms. The van der Waals surface area contributed by atoms with Crippen molar-refractivity contribution in [1.29, 1.82) is 5.26 Å². The summed E-state index contributed by atoms with van der Waals surface area (Å²) in [4.78, 5) is 28.6. The number of hydrogen-bond acceptors (Lipinski definition) is 7. The molecule has 4 atom stereocenters. The highest BCUT2D eigenvalue weighted by Crippen LogP contribution is 2.40. The van der Waals surface area contributed by atoms with Crippen molar-refractivity contribution < 1.29 is 13.9 Å². The maximum Gasteiger partial charge on any atom is 0.318 e. The average molecular weight is 607 g/mol. The largest absolute Gasteiger partial charge is 0.462 e. The van der Waals surface area contributed by atoms with Crippen LogP contribution < -0.4 is 9.64 Å². The van der Waals surface area contributed by atoms with E-state index in [4.69, 9.17) is 26.3 Å². The maximum atomic E-state index is 13.8. The Labute approximate surface area is 258 Å². The molecule has 3 aliphatic heterocycles. The van der Waals surface area contributed by atoms with Crippen LogP contribution in [0.25, 0.3) is 0 Å². The van der Waals surface area contributed by atoms with Crippen LogP contribution in [0.1, 0.15) is 73.8 Å². The van der Waals surface area contributed by atoms with Gasteiger partial charge in [-0.2, -0.15) is 15.2 Å². The number of carbonyl (C=O) groups is 1. The van der Waals surface area contributed by atoms with E-state index < -0.39 is 17.8 Å². The molecule has 1 amide bonds. The predicted molar refractivity (Wildman–Crippen MR) is 164 cm³/mol. The Morgan fingerprint density at radius 3 is 2.84 bits per heavy atom. The minimum atomic E-state index is -1.00. The zero-order valence-corrected chi connectivity index (χ0v) is 25.7. The van der Waals surface area contributed by atoms with Gasteiger partial charge in [0.05, 0.1) is 24.2 Å². The normalized spacial score (nSPS) is 25.3. The van der Waals surface area contributed by atoms with Gasteiger partial charge in [-0.25, -0.2) is 4.39 Å². The SMILES string of the molecule is C=C(F)C(=O)N1CCN(c2nc(OCC3CCC4CCCN43)nc3c2CCC(c2cccc(Cl)c2CC)C3)CC1CC#N. The summed E-state index contributed by atoms with van der Waals surface area (Å²) >= 11 is 6.60. The van der Waals surface area contributed by atoms with E-state index in [1.807, 2.05) is 12.1 Å². The van der Waals surface area contributed by atoms with Gasteiger partial charge in [-0.1, -0.05) is 37.2 Å². The molecule has 4 unspecified atom stereocenters. The van der Waals surface area contributed by atoms with Crippen LogP contribution in [0.2, 0.25) is 5.02 Å². The van der Waals surface area contributed by atoms with E-state index in [-0.39, 0.29) is 18.9 Å². The lowest BCUT2D eigenvalue weighted by molar-refractivity contribution is -0.131. The molecular formula is C33H40ClFN6O2. The van der Waals surface area contributed by atoms with Gasteiger partial charge in [0, 0.05) is 42.3 Å². The average Bonchev–Trinajstić information content (AvgIpc) is 3.63. The Morgan fingerprint density at radius 1 is 1.19 bits per heavy atom. The van der Waals surface area contributed by atoms with Crippen LogP contribution in [0.4, 0.5) is 10.2 Å². The minimum Gasteiger partial charge on any atom is -0.462 e. The highest BCUT2D eigenvalue weighted by Gasteiger charge is 2.38. The third-order valence-electron chi connectivity index (χ3n) is 9.91. The van der Waals surface area contributed by atoms with Gasteiger partial charge in [0.25, 0.3) is 5.91 Å². The summed E-state index contributed by atoms with van der Waals surface area (Å²) in [6.07, 6.45) is 8.34. The van der Waals surface area contributed by atoms with Crippen LogP contribution in [-0.4, -0.2) is 76.6 Å². The van der Waals surface area contributed by atoms with Crippen molar-refractivity contribution in [2.45, 2.75) is 88.8 Å². The molecule has 0 saturated carbocycles. The second-order valence-corrected chi connectivity index (χ2v) is 12.7. The lowest BCUT2D eigenvalue weighted by Gasteiger charge is -2.42. The second kappa shape index (κ2) is 12.8. The quantitative estimate of drug-likeness (QED) is 0.373. The standard InChI is InChI=1S/C33H40ClFN6O2/c1-3-26-27(7-4-8-29(26)34)22-9-12-28-30(18-22)37-33(43-20-25-11-10-23-6-5-15-40(23)25)38-31(28)39-16-17-41(32(42)21(2)35)24(19-39)13-14-36/h4,7-8,22-25H,2-3,5-6,9-13,15-20H2,1H3. The second-order valence-electron chi connectivity index (χ2n) is 12.3. The number of rotatable bonds is 8. The van der Waals surface area contributed by atoms with Gasteiger partial charge in [0.15, 0.2) is 5.83 Å². The van der Waals surface area contributed by atoms with Gasteiger partial charge in [0.1, 0.15) is 12.4 Å². The summed E-state index contributed by atoms with van der Waals surface area (Å²) < 4.78 is 20.2. The first-order valence-electron chi connectivity index (χ1n) is 15.7. The molecule has 228 valence electrons. The van der Waals surface area contributed by atoms with E-state index in [0.29, 0.717) is 37.8 Å². The summed E-state index contributed by atoms with van der Waals surface area (Å²) in [5.41, 5.74) is 4.55. The first-order chi connectivity index (χ1) is 20.9. The van der Waals surface area contributed by atoms with E-state index in [1.54, 1.807) is 0 Å². The van der Waals surface area contributed by atoms with Gasteiger partial charge in [-0.3, -0.25) is 9.69 Å². The predicted octanol–water partition coefficient (Wildman–Crippen LogP) is 5.38. The molecule has 4 aliphatic rings. The number of amides is 1. The number of aromatic nitrogens is 2. The highest BCUT2D eigenvalue weighted by atomic mass is 35.5. The molecule has 1 aliphatic carbocycles. The van der Waals surface area contributed by atoms with Crippen molar-refractivity contribution in [3.05, 3.63) is 58.0 Å². The number of ether oxygens (including phenoxy) is 1. The summed E-state index contributed by atoms with van der Waals surface area (Å²) in [5.74, 6) is -0.660. The fraction of sp³-hybridized carbons (Fsp3) is 0.576. The summed E-state index contributed by atoms with van der Waals surface area (Å²) in [6, 6.07) is 9.32. The van der Waals surface area contributed by atoms with Crippen LogP contribution in [0, 0.1) is 11.3 Å². The smallest absolute Gasteiger partial charge is 0.318 e. The summed E-state index contributed by atoms with van der Waals surface area (Å²) in [6.45, 7) is 8.16. The van der Waals surface area contributed by atoms with E-state index in [2.05, 4.69) is 35.4 Å². The number of fused-ring (bicyclic) bond motifs is 2. The molecule has 0 N–H and O–H groups in total. The maximum absolute atomic E-state index is 13.8. The Kier molecular flexibility index (Phi) is 8.88. The van der Waals surface area contributed by atoms with Gasteiger partial charge in [0.2, 0.25) is 0 Å². The summed E-state index contributed by atoms with van der Waals surface area (Å²) in [5, 5.41) is 10.3. The van der Waals surface area contributed by atoms with Crippen molar-refractivity contribution in [1.82, 2.24) is 19.8 Å². The van der Waals surface area contributed by atoms with Crippen LogP contribution in [-0.2, 0) is 24.1 Å². The molecule has 6 rings (SSSR count). The number of halogens is 2. The molecule has 10 heteroatoms. The Balaban J connectivity index is 1.30. The van der Waals surface area contributed by atoms with E-state index in [0.717, 1.165) is 60.7 Å². The first kappa shape index (κ1) is 29.8. The fourth-order valence-electron chi connectivity index (χ4n) is 7.80. The van der Waals surface area contributed by atoms with Gasteiger partial charge in [-0.15, -0.1) is 0 Å². The lowest BCUT2D eigenvalue weighted by atomic mass is 9.80. The number of nitrogens with zero attached hydrogens (tertiary/aromatic N) is 6. The Morgan fingerprint density at radius 2 is 2.05 bits per heavy atom. The summed E-state index contributed by atoms with van der Waals surface area (Å²) in [7, 11) is 0. The third kappa shape index (κ3) is 5.97. The molecular weight excluding hydrogens is 567 g/mol. The topological polar surface area (TPSA) is 85.6 Å². The Hall–Kier alpha value is -3.22. The van der Waals surface area contributed by atoms with Crippen molar-refractivity contribution in [3.63, 3.8) is 0 Å². The number of piperazine rings is 1. The fourth-order valence-corrected chi connectivity index (χ4v) is 8.11. The molecule has 43 heavy (non-hydrogen) atoms. The van der Waals surface area contributed by atoms with Gasteiger partial charge < -0.3 is 14.5 Å². The van der Waals surface area contributed by atoms with E-state index in [9.17, 15) is 14.4 Å². The lowest BCUT2D eigenvalue weighted by Crippen LogP contribution is -2.55. The molecule has 0 bridgehead atoms. The minimum absolute atomic E-state index is 0.0987. The van der Waals surface area contributed by atoms with E-state index >= 15 is 0 Å². The Bertz CT molecular complexity index is 1430. The molecule has 8 nitrogen and oxygen atoms in total. The number of benzene rings is 1. The molecule has 3 saturated heterocycles. The number of nitriles is 1. The van der Waals surface area contributed by atoms with Crippen LogP contribution in [0.15, 0.2) is 30.6 Å². The molecule has 3 fully saturated rings. The first-order valence-corrected chi connectivity index (χ1v) is 16.1. The zero-order valence-electron chi connectivity index (χ0n) is 24.9. The van der Waals surface area contributed by atoms with Crippen LogP contribution in [0.3, 0.4) is 0 Å². The van der Waals surface area contributed by atoms with Crippen molar-refractivity contribution in [2.24, 2.45) is 0 Å². The zero-order chi connectivity index (χ0) is 30.1. The number of anilines is 1. The highest BCUT2D eigenvalue weighted by molar-refractivity contribution is 6.31. The molecule has 0 radical (unpaired) electrons. The molecule has 4 heterocycles.